The van der Waals surface area contributed by atoms with Gasteiger partial charge >= 0.3 is 0 Å². The van der Waals surface area contributed by atoms with Gasteiger partial charge in [-0.2, -0.15) is 0 Å². The average Bonchev–Trinajstić information content (AvgIpc) is 2.65. The molecule has 0 saturated heterocycles. The molecule has 0 unspecified atom stereocenters. The van der Waals surface area contributed by atoms with E-state index < -0.39 is 0 Å². The van der Waals surface area contributed by atoms with Crippen molar-refractivity contribution in [3.8, 4) is 11.3 Å². The smallest absolute Gasteiger partial charge is 0.134 e. The molecule has 2 heteroatoms. The Morgan fingerprint density at radius 2 is 1.79 bits per heavy atom. The Kier molecular flexibility index (Phi) is 2.37. The van der Waals surface area contributed by atoms with Crippen molar-refractivity contribution in [3.63, 3.8) is 0 Å². The molecule has 1 heterocycles. The van der Waals surface area contributed by atoms with Crippen molar-refractivity contribution in [3.05, 3.63) is 47.7 Å². The lowest BCUT2D eigenvalue weighted by Crippen LogP contribution is -1.81. The van der Waals surface area contributed by atoms with Crippen LogP contribution in [0.2, 0.25) is 0 Å². The van der Waals surface area contributed by atoms with Crippen LogP contribution in [0, 0.1) is 6.92 Å². The van der Waals surface area contributed by atoms with E-state index in [1.54, 1.807) is 0 Å². The van der Waals surface area contributed by atoms with Crippen molar-refractivity contribution in [1.29, 1.82) is 0 Å². The molecule has 0 aliphatic carbocycles. The summed E-state index contributed by atoms with van der Waals surface area (Å²) in [6.45, 7) is 2.00. The molecule has 1 aromatic carbocycles. The van der Waals surface area contributed by atoms with Gasteiger partial charge in [0.1, 0.15) is 11.5 Å². The van der Waals surface area contributed by atoms with Gasteiger partial charge in [-0.3, -0.25) is 0 Å². The number of hydrogen-bond donors (Lipinski definition) is 1. The molecule has 2 rings (SSSR count). The molecule has 0 saturated carbocycles. The molecule has 0 aliphatic rings. The molecule has 0 bridgehead atoms. The first-order valence-corrected chi connectivity index (χ1v) is 4.56. The van der Waals surface area contributed by atoms with Crippen LogP contribution in [0.15, 0.2) is 40.8 Å². The lowest BCUT2D eigenvalue weighted by Gasteiger charge is -1.98. The largest absolute Gasteiger partial charge is 0.461 e. The average molecular weight is 188 g/mol. The number of rotatable bonds is 2. The maximum absolute atomic E-state index is 8.88. The highest BCUT2D eigenvalue weighted by Crippen LogP contribution is 2.21. The predicted molar refractivity (Wildman–Crippen MR) is 54.8 cm³/mol. The quantitative estimate of drug-likeness (QED) is 0.786. The van der Waals surface area contributed by atoms with E-state index in [1.807, 2.05) is 43.3 Å². The van der Waals surface area contributed by atoms with Crippen LogP contribution in [0.25, 0.3) is 11.3 Å². The first kappa shape index (κ1) is 9.03. The third kappa shape index (κ3) is 1.70. The molecule has 0 fully saturated rings. The molecular weight excluding hydrogens is 176 g/mol. The molecular formula is C12H12O2. The summed E-state index contributed by atoms with van der Waals surface area (Å²) >= 11 is 0. The van der Waals surface area contributed by atoms with E-state index in [9.17, 15) is 0 Å². The van der Waals surface area contributed by atoms with E-state index in [0.717, 1.165) is 22.6 Å². The maximum atomic E-state index is 8.88. The lowest BCUT2D eigenvalue weighted by atomic mass is 10.1. The molecule has 0 aliphatic heterocycles. The zero-order valence-electron chi connectivity index (χ0n) is 8.03. The SMILES string of the molecule is Cc1ccc(-c2ccc(CO)cc2)o1. The first-order chi connectivity index (χ1) is 6.79. The van der Waals surface area contributed by atoms with Gasteiger partial charge in [-0.15, -0.1) is 0 Å². The van der Waals surface area contributed by atoms with E-state index in [4.69, 9.17) is 9.52 Å². The minimum Gasteiger partial charge on any atom is -0.461 e. The van der Waals surface area contributed by atoms with Gasteiger partial charge in [-0.05, 0) is 24.6 Å². The standard InChI is InChI=1S/C12H12O2/c1-9-2-7-12(14-9)11-5-3-10(8-13)4-6-11/h2-7,13H,8H2,1H3. The van der Waals surface area contributed by atoms with Crippen LogP contribution in [0.3, 0.4) is 0 Å². The Labute approximate surface area is 82.8 Å². The number of furan rings is 1. The summed E-state index contributed by atoms with van der Waals surface area (Å²) in [6, 6.07) is 11.6. The van der Waals surface area contributed by atoms with Gasteiger partial charge in [0.15, 0.2) is 0 Å². The normalized spacial score (nSPS) is 10.4. The highest BCUT2D eigenvalue weighted by Gasteiger charge is 2.01. The first-order valence-electron chi connectivity index (χ1n) is 4.56. The van der Waals surface area contributed by atoms with E-state index in [-0.39, 0.29) is 6.61 Å². The molecule has 0 atom stereocenters. The Bertz CT molecular complexity index is 412. The van der Waals surface area contributed by atoms with Crippen molar-refractivity contribution in [1.82, 2.24) is 0 Å². The number of benzene rings is 1. The predicted octanol–water partition coefficient (Wildman–Crippen LogP) is 2.75. The number of aryl methyl sites for hydroxylation is 1. The fraction of sp³-hybridized carbons (Fsp3) is 0.167. The zero-order chi connectivity index (χ0) is 9.97. The molecule has 2 nitrogen and oxygen atoms in total. The van der Waals surface area contributed by atoms with Gasteiger partial charge in [0.2, 0.25) is 0 Å². The number of aliphatic hydroxyl groups is 1. The summed E-state index contributed by atoms with van der Waals surface area (Å²) in [6.07, 6.45) is 0. The molecule has 0 spiro atoms. The van der Waals surface area contributed by atoms with Crippen molar-refractivity contribution >= 4 is 0 Å². The van der Waals surface area contributed by atoms with Crippen molar-refractivity contribution < 1.29 is 9.52 Å². The third-order valence-corrected chi connectivity index (χ3v) is 2.16. The van der Waals surface area contributed by atoms with E-state index in [0.29, 0.717) is 0 Å². The van der Waals surface area contributed by atoms with Crippen molar-refractivity contribution in [2.75, 3.05) is 0 Å². The van der Waals surface area contributed by atoms with Gasteiger partial charge < -0.3 is 9.52 Å². The van der Waals surface area contributed by atoms with Crippen LogP contribution < -0.4 is 0 Å². The van der Waals surface area contributed by atoms with Gasteiger partial charge in [-0.1, -0.05) is 24.3 Å². The molecule has 14 heavy (non-hydrogen) atoms. The topological polar surface area (TPSA) is 33.4 Å². The second kappa shape index (κ2) is 3.68. The fourth-order valence-electron chi connectivity index (χ4n) is 1.36. The fourth-order valence-corrected chi connectivity index (χ4v) is 1.36. The van der Waals surface area contributed by atoms with E-state index in [2.05, 4.69) is 0 Å². The monoisotopic (exact) mass is 188 g/mol. The van der Waals surface area contributed by atoms with Crippen LogP contribution in [-0.4, -0.2) is 5.11 Å². The van der Waals surface area contributed by atoms with E-state index in [1.165, 1.54) is 0 Å². The summed E-state index contributed by atoms with van der Waals surface area (Å²) < 4.78 is 5.48. The number of hydrogen-bond acceptors (Lipinski definition) is 2. The second-order valence-electron chi connectivity index (χ2n) is 3.27. The van der Waals surface area contributed by atoms with Crippen LogP contribution in [0.5, 0.6) is 0 Å². The summed E-state index contributed by atoms with van der Waals surface area (Å²) in [5, 5.41) is 8.88. The van der Waals surface area contributed by atoms with E-state index >= 15 is 0 Å². The van der Waals surface area contributed by atoms with Crippen LogP contribution in [0.4, 0.5) is 0 Å². The molecule has 0 amide bonds. The van der Waals surface area contributed by atoms with Crippen molar-refractivity contribution in [2.24, 2.45) is 0 Å². The number of aliphatic hydroxyl groups excluding tert-OH is 1. The molecule has 0 radical (unpaired) electrons. The Morgan fingerprint density at radius 1 is 1.07 bits per heavy atom. The molecule has 1 aromatic heterocycles. The van der Waals surface area contributed by atoms with Gasteiger partial charge in [0.05, 0.1) is 6.61 Å². The molecule has 72 valence electrons. The Hall–Kier alpha value is -1.54. The minimum absolute atomic E-state index is 0.0808. The highest BCUT2D eigenvalue weighted by atomic mass is 16.3. The van der Waals surface area contributed by atoms with Gasteiger partial charge in [0, 0.05) is 5.56 Å². The molecule has 1 N–H and O–H groups in total. The van der Waals surface area contributed by atoms with Gasteiger partial charge in [-0.25, -0.2) is 0 Å². The van der Waals surface area contributed by atoms with Crippen molar-refractivity contribution in [2.45, 2.75) is 13.5 Å². The third-order valence-electron chi connectivity index (χ3n) is 2.16. The Morgan fingerprint density at radius 3 is 2.29 bits per heavy atom. The van der Waals surface area contributed by atoms with Gasteiger partial charge in [0.25, 0.3) is 0 Å². The lowest BCUT2D eigenvalue weighted by molar-refractivity contribution is 0.282. The Balaban J connectivity index is 2.33. The minimum atomic E-state index is 0.0808. The summed E-state index contributed by atoms with van der Waals surface area (Å²) in [7, 11) is 0. The summed E-state index contributed by atoms with van der Waals surface area (Å²) in [5.41, 5.74) is 1.95. The van der Waals surface area contributed by atoms with Crippen LogP contribution >= 0.6 is 0 Å². The van der Waals surface area contributed by atoms with Crippen LogP contribution in [0.1, 0.15) is 11.3 Å². The summed E-state index contributed by atoms with van der Waals surface area (Å²) in [4.78, 5) is 0. The van der Waals surface area contributed by atoms with Crippen LogP contribution in [-0.2, 0) is 6.61 Å². The zero-order valence-corrected chi connectivity index (χ0v) is 8.03. The highest BCUT2D eigenvalue weighted by molar-refractivity contribution is 5.57. The summed E-state index contributed by atoms with van der Waals surface area (Å²) in [5.74, 6) is 1.78. The second-order valence-corrected chi connectivity index (χ2v) is 3.27. The maximum Gasteiger partial charge on any atom is 0.134 e. The molecule has 2 aromatic rings.